The lowest BCUT2D eigenvalue weighted by atomic mass is 10.2. The largest absolute Gasteiger partial charge is 0.383 e. The zero-order valence-electron chi connectivity index (χ0n) is 13.7. The fourth-order valence-electron chi connectivity index (χ4n) is 2.67. The van der Waals surface area contributed by atoms with Gasteiger partial charge >= 0.3 is 0 Å². The van der Waals surface area contributed by atoms with Crippen LogP contribution in [0.4, 0.5) is 5.82 Å². The lowest BCUT2D eigenvalue weighted by molar-refractivity contribution is -0.00546. The van der Waals surface area contributed by atoms with Gasteiger partial charge in [0.25, 0.3) is 5.91 Å². The summed E-state index contributed by atoms with van der Waals surface area (Å²) in [6, 6.07) is 3.67. The molecule has 1 fully saturated rings. The smallest absolute Gasteiger partial charge is 0.253 e. The van der Waals surface area contributed by atoms with Crippen LogP contribution in [0, 0.1) is 0 Å². The van der Waals surface area contributed by atoms with Crippen molar-refractivity contribution in [3.8, 4) is 0 Å². The van der Waals surface area contributed by atoms with Crippen molar-refractivity contribution in [2.24, 2.45) is 0 Å². The van der Waals surface area contributed by atoms with Gasteiger partial charge in [-0.25, -0.2) is 4.98 Å². The lowest BCUT2D eigenvalue weighted by Crippen LogP contribution is -2.45. The lowest BCUT2D eigenvalue weighted by Gasteiger charge is -2.36. The molecule has 1 aromatic rings. The van der Waals surface area contributed by atoms with Crippen molar-refractivity contribution in [3.63, 3.8) is 0 Å². The Kier molecular flexibility index (Phi) is 5.74. The Hall–Kier alpha value is -1.66. The molecule has 3 atom stereocenters. The van der Waals surface area contributed by atoms with Crippen LogP contribution in [-0.4, -0.2) is 55.9 Å². The fraction of sp³-hybridized carbons (Fsp3) is 0.625. The molecule has 3 unspecified atom stereocenters. The Morgan fingerprint density at radius 2 is 2.14 bits per heavy atom. The van der Waals surface area contributed by atoms with E-state index < -0.39 is 0 Å². The number of nitrogens with one attached hydrogen (secondary N) is 1. The van der Waals surface area contributed by atoms with Crippen LogP contribution >= 0.6 is 0 Å². The molecule has 22 heavy (non-hydrogen) atoms. The van der Waals surface area contributed by atoms with Crippen molar-refractivity contribution < 1.29 is 14.3 Å². The first-order valence-corrected chi connectivity index (χ1v) is 7.66. The average molecular weight is 307 g/mol. The van der Waals surface area contributed by atoms with Gasteiger partial charge in [-0.1, -0.05) is 0 Å². The normalized spacial score (nSPS) is 23.2. The fourth-order valence-corrected chi connectivity index (χ4v) is 2.67. The number of ether oxygens (including phenoxy) is 2. The average Bonchev–Trinajstić information content (AvgIpc) is 2.46. The van der Waals surface area contributed by atoms with E-state index in [1.165, 1.54) is 0 Å². The second-order valence-electron chi connectivity index (χ2n) is 5.90. The van der Waals surface area contributed by atoms with Crippen LogP contribution in [0.2, 0.25) is 0 Å². The number of amides is 1. The molecule has 122 valence electrons. The molecule has 0 saturated carbocycles. The molecule has 0 aliphatic carbocycles. The minimum absolute atomic E-state index is 0.0295. The first-order valence-electron chi connectivity index (χ1n) is 7.66. The molecule has 1 aliphatic rings. The maximum Gasteiger partial charge on any atom is 0.253 e. The van der Waals surface area contributed by atoms with Gasteiger partial charge in [0.05, 0.1) is 24.4 Å². The molecule has 1 aromatic heterocycles. The van der Waals surface area contributed by atoms with Crippen molar-refractivity contribution in [1.29, 1.82) is 0 Å². The molecule has 2 rings (SSSR count). The van der Waals surface area contributed by atoms with Crippen LogP contribution < -0.4 is 10.2 Å². The Labute approximate surface area is 131 Å². The van der Waals surface area contributed by atoms with Crippen molar-refractivity contribution >= 4 is 11.7 Å². The number of morpholine rings is 1. The number of carbonyl (C=O) groups is 1. The van der Waals surface area contributed by atoms with Crippen molar-refractivity contribution in [2.45, 2.75) is 39.0 Å². The number of hydrogen-bond donors (Lipinski definition) is 1. The molecule has 0 spiro atoms. The highest BCUT2D eigenvalue weighted by Crippen LogP contribution is 2.18. The number of rotatable bonds is 5. The molecule has 1 aliphatic heterocycles. The van der Waals surface area contributed by atoms with Gasteiger partial charge in [-0.05, 0) is 32.9 Å². The van der Waals surface area contributed by atoms with Gasteiger partial charge in [0.1, 0.15) is 5.82 Å². The van der Waals surface area contributed by atoms with Crippen LogP contribution in [-0.2, 0) is 9.47 Å². The summed E-state index contributed by atoms with van der Waals surface area (Å²) in [6.07, 6.45) is 1.99. The zero-order chi connectivity index (χ0) is 16.1. The van der Waals surface area contributed by atoms with E-state index in [1.54, 1.807) is 13.3 Å². The number of pyridine rings is 1. The van der Waals surface area contributed by atoms with E-state index in [0.717, 1.165) is 18.9 Å². The number of hydrogen-bond acceptors (Lipinski definition) is 5. The van der Waals surface area contributed by atoms with Gasteiger partial charge in [0.15, 0.2) is 0 Å². The minimum Gasteiger partial charge on any atom is -0.383 e. The minimum atomic E-state index is -0.132. The Balaban J connectivity index is 1.99. The third kappa shape index (κ3) is 4.42. The predicted molar refractivity (Wildman–Crippen MR) is 85.3 cm³/mol. The summed E-state index contributed by atoms with van der Waals surface area (Å²) in [4.78, 5) is 18.7. The topological polar surface area (TPSA) is 63.7 Å². The first-order chi connectivity index (χ1) is 10.5. The third-order valence-corrected chi connectivity index (χ3v) is 3.55. The molecule has 2 heterocycles. The van der Waals surface area contributed by atoms with Crippen LogP contribution in [0.1, 0.15) is 31.1 Å². The van der Waals surface area contributed by atoms with Gasteiger partial charge in [0, 0.05) is 32.4 Å². The first kappa shape index (κ1) is 16.7. The standard InChI is InChI=1S/C16H25N3O3/c1-11(10-21-4)18-16(20)14-5-6-15(17-7-14)19-8-12(2)22-13(3)9-19/h5-7,11-13H,8-10H2,1-4H3,(H,18,20). The van der Waals surface area contributed by atoms with Gasteiger partial charge in [-0.15, -0.1) is 0 Å². The number of anilines is 1. The predicted octanol–water partition coefficient (Wildman–Crippen LogP) is 1.46. The summed E-state index contributed by atoms with van der Waals surface area (Å²) in [5.74, 6) is 0.746. The number of nitrogens with zero attached hydrogens (tertiary/aromatic N) is 2. The van der Waals surface area contributed by atoms with Gasteiger partial charge < -0.3 is 19.7 Å². The van der Waals surface area contributed by atoms with Crippen LogP contribution in [0.25, 0.3) is 0 Å². The molecule has 0 radical (unpaired) electrons. The molecule has 1 amide bonds. The van der Waals surface area contributed by atoms with E-state index >= 15 is 0 Å². The summed E-state index contributed by atoms with van der Waals surface area (Å²) < 4.78 is 10.7. The molecular weight excluding hydrogens is 282 g/mol. The monoisotopic (exact) mass is 307 g/mol. The molecular formula is C16H25N3O3. The summed E-state index contributed by atoms with van der Waals surface area (Å²) in [5.41, 5.74) is 0.557. The molecule has 0 aromatic carbocycles. The van der Waals surface area contributed by atoms with E-state index in [9.17, 15) is 4.79 Å². The van der Waals surface area contributed by atoms with Gasteiger partial charge in [-0.3, -0.25) is 4.79 Å². The quantitative estimate of drug-likeness (QED) is 0.892. The van der Waals surface area contributed by atoms with Crippen LogP contribution in [0.5, 0.6) is 0 Å². The van der Waals surface area contributed by atoms with Gasteiger partial charge in [-0.2, -0.15) is 0 Å². The molecule has 0 bridgehead atoms. The van der Waals surface area contributed by atoms with E-state index in [2.05, 4.69) is 29.0 Å². The summed E-state index contributed by atoms with van der Waals surface area (Å²) in [7, 11) is 1.61. The van der Waals surface area contributed by atoms with Crippen molar-refractivity contribution in [1.82, 2.24) is 10.3 Å². The number of carbonyl (C=O) groups excluding carboxylic acids is 1. The summed E-state index contributed by atoms with van der Waals surface area (Å²) in [6.45, 7) is 8.13. The van der Waals surface area contributed by atoms with E-state index in [0.29, 0.717) is 12.2 Å². The highest BCUT2D eigenvalue weighted by atomic mass is 16.5. The van der Waals surface area contributed by atoms with Crippen LogP contribution in [0.15, 0.2) is 18.3 Å². The Morgan fingerprint density at radius 3 is 2.68 bits per heavy atom. The number of methoxy groups -OCH3 is 1. The third-order valence-electron chi connectivity index (χ3n) is 3.55. The second-order valence-corrected chi connectivity index (χ2v) is 5.90. The van der Waals surface area contributed by atoms with Crippen LogP contribution in [0.3, 0.4) is 0 Å². The van der Waals surface area contributed by atoms with E-state index in [-0.39, 0.29) is 24.2 Å². The van der Waals surface area contributed by atoms with E-state index in [4.69, 9.17) is 9.47 Å². The zero-order valence-corrected chi connectivity index (χ0v) is 13.7. The van der Waals surface area contributed by atoms with Crippen molar-refractivity contribution in [3.05, 3.63) is 23.9 Å². The Bertz CT molecular complexity index is 482. The second kappa shape index (κ2) is 7.56. The Morgan fingerprint density at radius 1 is 1.45 bits per heavy atom. The van der Waals surface area contributed by atoms with Gasteiger partial charge in [0.2, 0.25) is 0 Å². The maximum atomic E-state index is 12.1. The molecule has 6 heteroatoms. The van der Waals surface area contributed by atoms with E-state index in [1.807, 2.05) is 19.1 Å². The number of aromatic nitrogens is 1. The molecule has 1 saturated heterocycles. The highest BCUT2D eigenvalue weighted by molar-refractivity contribution is 5.94. The summed E-state index contributed by atoms with van der Waals surface area (Å²) >= 11 is 0. The summed E-state index contributed by atoms with van der Waals surface area (Å²) in [5, 5.41) is 2.87. The molecule has 1 N–H and O–H groups in total. The highest BCUT2D eigenvalue weighted by Gasteiger charge is 2.23. The van der Waals surface area contributed by atoms with Crippen molar-refractivity contribution in [2.75, 3.05) is 31.7 Å². The maximum absolute atomic E-state index is 12.1. The molecule has 6 nitrogen and oxygen atoms in total. The SMILES string of the molecule is COCC(C)NC(=O)c1ccc(N2CC(C)OC(C)C2)nc1.